The number of aryl methyl sites for hydroxylation is 1. The zero-order valence-electron chi connectivity index (χ0n) is 12.1. The quantitative estimate of drug-likeness (QED) is 0.813. The van der Waals surface area contributed by atoms with Crippen LogP contribution in [0.3, 0.4) is 0 Å². The lowest BCUT2D eigenvalue weighted by Gasteiger charge is -2.11. The summed E-state index contributed by atoms with van der Waals surface area (Å²) in [5, 5.41) is 3.99. The van der Waals surface area contributed by atoms with Gasteiger partial charge in [0, 0.05) is 11.8 Å². The number of nitrogens with zero attached hydrogens (tertiary/aromatic N) is 2. The van der Waals surface area contributed by atoms with Crippen LogP contribution in [0.4, 0.5) is 4.39 Å². The molecular formula is C16H15FN2O3. The van der Waals surface area contributed by atoms with E-state index in [9.17, 15) is 14.0 Å². The van der Waals surface area contributed by atoms with Gasteiger partial charge in [0.15, 0.2) is 0 Å². The third-order valence-electron chi connectivity index (χ3n) is 3.53. The Balaban J connectivity index is 1.97. The van der Waals surface area contributed by atoms with Crippen molar-refractivity contribution >= 4 is 5.97 Å². The zero-order valence-corrected chi connectivity index (χ0v) is 12.1. The molecule has 3 rings (SSSR count). The fourth-order valence-corrected chi connectivity index (χ4v) is 2.10. The molecule has 0 saturated heterocycles. The van der Waals surface area contributed by atoms with Crippen LogP contribution in [0.1, 0.15) is 29.0 Å². The maximum Gasteiger partial charge on any atom is 0.362 e. The van der Waals surface area contributed by atoms with E-state index in [2.05, 4.69) is 5.10 Å². The average molecular weight is 302 g/mol. The Bertz CT molecular complexity index is 781. The monoisotopic (exact) mass is 302 g/mol. The third-order valence-corrected chi connectivity index (χ3v) is 3.53. The molecule has 0 amide bonds. The summed E-state index contributed by atoms with van der Waals surface area (Å²) in [5.41, 5.74) is -0.231. The summed E-state index contributed by atoms with van der Waals surface area (Å²) < 4.78 is 20.2. The number of hydrogen-bond donors (Lipinski definition) is 0. The number of esters is 1. The van der Waals surface area contributed by atoms with Crippen molar-refractivity contribution in [3.05, 3.63) is 57.8 Å². The minimum Gasteiger partial charge on any atom is -0.461 e. The van der Waals surface area contributed by atoms with Gasteiger partial charge in [-0.1, -0.05) is 12.1 Å². The van der Waals surface area contributed by atoms with Gasteiger partial charge in [-0.25, -0.2) is 13.9 Å². The Hall–Kier alpha value is -2.50. The third kappa shape index (κ3) is 2.90. The fraction of sp³-hybridized carbons (Fsp3) is 0.312. The van der Waals surface area contributed by atoms with E-state index in [1.54, 1.807) is 19.1 Å². The summed E-state index contributed by atoms with van der Waals surface area (Å²) in [5.74, 6) is -0.857. The van der Waals surface area contributed by atoms with Gasteiger partial charge < -0.3 is 4.74 Å². The summed E-state index contributed by atoms with van der Waals surface area (Å²) in [6.45, 7) is 1.92. The summed E-state index contributed by atoms with van der Waals surface area (Å²) in [6.07, 6.45) is 2.07. The SMILES string of the molecule is Cc1cc(=O)c(C(=O)OCC2CC2)nn1-c1ccccc1F. The van der Waals surface area contributed by atoms with Crippen LogP contribution in [-0.2, 0) is 4.74 Å². The molecule has 5 nitrogen and oxygen atoms in total. The van der Waals surface area contributed by atoms with Crippen LogP contribution in [0.5, 0.6) is 0 Å². The normalized spacial score (nSPS) is 13.9. The van der Waals surface area contributed by atoms with Crippen molar-refractivity contribution in [3.8, 4) is 5.69 Å². The largest absolute Gasteiger partial charge is 0.461 e. The zero-order chi connectivity index (χ0) is 15.7. The van der Waals surface area contributed by atoms with E-state index in [1.165, 1.54) is 22.9 Å². The smallest absolute Gasteiger partial charge is 0.362 e. The molecule has 1 aliphatic rings. The van der Waals surface area contributed by atoms with E-state index in [0.29, 0.717) is 18.2 Å². The van der Waals surface area contributed by atoms with Crippen LogP contribution in [0.2, 0.25) is 0 Å². The predicted octanol–water partition coefficient (Wildman–Crippen LogP) is 2.25. The molecule has 0 unspecified atom stereocenters. The first-order chi connectivity index (χ1) is 10.6. The average Bonchev–Trinajstić information content (AvgIpc) is 3.30. The number of rotatable bonds is 4. The molecule has 0 aliphatic heterocycles. The van der Waals surface area contributed by atoms with Gasteiger partial charge in [0.1, 0.15) is 11.5 Å². The lowest BCUT2D eigenvalue weighted by molar-refractivity contribution is 0.0475. The lowest BCUT2D eigenvalue weighted by atomic mass is 10.2. The second kappa shape index (κ2) is 5.71. The maximum atomic E-state index is 13.9. The van der Waals surface area contributed by atoms with Crippen LogP contribution < -0.4 is 5.43 Å². The van der Waals surface area contributed by atoms with Crippen LogP contribution in [0.15, 0.2) is 35.1 Å². The molecule has 2 aromatic rings. The maximum absolute atomic E-state index is 13.9. The van der Waals surface area contributed by atoms with Crippen LogP contribution >= 0.6 is 0 Å². The van der Waals surface area contributed by atoms with Gasteiger partial charge in [-0.3, -0.25) is 4.79 Å². The molecule has 0 bridgehead atoms. The first kappa shape index (κ1) is 14.4. The highest BCUT2D eigenvalue weighted by molar-refractivity contribution is 5.87. The Morgan fingerprint density at radius 1 is 1.41 bits per heavy atom. The summed E-state index contributed by atoms with van der Waals surface area (Å²) in [4.78, 5) is 23.9. The highest BCUT2D eigenvalue weighted by Crippen LogP contribution is 2.28. The summed E-state index contributed by atoms with van der Waals surface area (Å²) >= 11 is 0. The first-order valence-corrected chi connectivity index (χ1v) is 7.09. The summed E-state index contributed by atoms with van der Waals surface area (Å²) in [6, 6.07) is 7.29. The number of carbonyl (C=O) groups is 1. The number of aromatic nitrogens is 2. The number of halogens is 1. The number of ether oxygens (including phenoxy) is 1. The Morgan fingerprint density at radius 2 is 2.14 bits per heavy atom. The minimum atomic E-state index is -0.762. The molecule has 22 heavy (non-hydrogen) atoms. The number of hydrogen-bond acceptors (Lipinski definition) is 4. The standard InChI is InChI=1S/C16H15FN2O3/c1-10-8-14(20)15(16(21)22-9-11-6-7-11)18-19(10)13-5-3-2-4-12(13)17/h2-5,8,11H,6-7,9H2,1H3. The van der Waals surface area contributed by atoms with Gasteiger partial charge in [0.2, 0.25) is 11.1 Å². The highest BCUT2D eigenvalue weighted by Gasteiger charge is 2.25. The van der Waals surface area contributed by atoms with E-state index in [4.69, 9.17) is 4.74 Å². The molecule has 0 atom stereocenters. The molecule has 1 aromatic heterocycles. The van der Waals surface area contributed by atoms with Gasteiger partial charge in [0.25, 0.3) is 0 Å². The van der Waals surface area contributed by atoms with Crippen LogP contribution in [0, 0.1) is 18.7 Å². The van der Waals surface area contributed by atoms with Gasteiger partial charge >= 0.3 is 5.97 Å². The predicted molar refractivity (Wildman–Crippen MR) is 77.5 cm³/mol. The van der Waals surface area contributed by atoms with Crippen LogP contribution in [0.25, 0.3) is 5.69 Å². The Morgan fingerprint density at radius 3 is 2.82 bits per heavy atom. The van der Waals surface area contributed by atoms with E-state index >= 15 is 0 Å². The molecule has 1 aromatic carbocycles. The molecule has 0 radical (unpaired) electrons. The topological polar surface area (TPSA) is 61.2 Å². The molecule has 0 spiro atoms. The van der Waals surface area contributed by atoms with Crippen LogP contribution in [-0.4, -0.2) is 22.4 Å². The fourth-order valence-electron chi connectivity index (χ4n) is 2.10. The molecule has 1 saturated carbocycles. The summed E-state index contributed by atoms with van der Waals surface area (Å²) in [7, 11) is 0. The highest BCUT2D eigenvalue weighted by atomic mass is 19.1. The van der Waals surface area contributed by atoms with E-state index in [-0.39, 0.29) is 11.4 Å². The van der Waals surface area contributed by atoms with E-state index in [1.807, 2.05) is 0 Å². The van der Waals surface area contributed by atoms with Gasteiger partial charge in [-0.2, -0.15) is 5.10 Å². The number of carbonyl (C=O) groups excluding carboxylic acids is 1. The number of benzene rings is 1. The Kier molecular flexibility index (Phi) is 3.75. The van der Waals surface area contributed by atoms with Gasteiger partial charge in [-0.05, 0) is 37.8 Å². The van der Waals surface area contributed by atoms with E-state index < -0.39 is 17.2 Å². The molecule has 6 heteroatoms. The van der Waals surface area contributed by atoms with Gasteiger partial charge in [-0.15, -0.1) is 0 Å². The molecular weight excluding hydrogens is 287 g/mol. The first-order valence-electron chi connectivity index (χ1n) is 7.09. The lowest BCUT2D eigenvalue weighted by Crippen LogP contribution is -2.25. The van der Waals surface area contributed by atoms with Crippen molar-refractivity contribution in [1.29, 1.82) is 0 Å². The van der Waals surface area contributed by atoms with Crippen molar-refractivity contribution in [1.82, 2.24) is 9.78 Å². The van der Waals surface area contributed by atoms with Crippen molar-refractivity contribution in [2.45, 2.75) is 19.8 Å². The second-order valence-electron chi connectivity index (χ2n) is 5.40. The molecule has 0 N–H and O–H groups in total. The number of para-hydroxylation sites is 1. The van der Waals surface area contributed by atoms with Gasteiger partial charge in [0.05, 0.1) is 6.61 Å². The molecule has 1 fully saturated rings. The minimum absolute atomic E-state index is 0.177. The van der Waals surface area contributed by atoms with Crippen molar-refractivity contribution < 1.29 is 13.9 Å². The molecule has 1 aliphatic carbocycles. The van der Waals surface area contributed by atoms with E-state index in [0.717, 1.165) is 12.8 Å². The van der Waals surface area contributed by atoms with Crippen molar-refractivity contribution in [3.63, 3.8) is 0 Å². The Labute approximate surface area is 126 Å². The molecule has 114 valence electrons. The molecule has 1 heterocycles. The van der Waals surface area contributed by atoms with Crippen molar-refractivity contribution in [2.75, 3.05) is 6.61 Å². The van der Waals surface area contributed by atoms with Crippen molar-refractivity contribution in [2.24, 2.45) is 5.92 Å². The second-order valence-corrected chi connectivity index (χ2v) is 5.40.